The van der Waals surface area contributed by atoms with Crippen molar-refractivity contribution >= 4 is 21.8 Å². The Hall–Kier alpha value is -1.10. The van der Waals surface area contributed by atoms with Gasteiger partial charge in [0.1, 0.15) is 5.56 Å². The van der Waals surface area contributed by atoms with Crippen molar-refractivity contribution in [2.75, 3.05) is 0 Å². The molecule has 1 aromatic rings. The Morgan fingerprint density at radius 1 is 1.57 bits per heavy atom. The maximum absolute atomic E-state index is 11.4. The Kier molecular flexibility index (Phi) is 3.10. The molecular weight excluding hydrogens is 248 g/mol. The summed E-state index contributed by atoms with van der Waals surface area (Å²) >= 11 is 3.27. The minimum absolute atomic E-state index is 0.0266. The van der Waals surface area contributed by atoms with Gasteiger partial charge in [0.2, 0.25) is 0 Å². The highest BCUT2D eigenvalue weighted by molar-refractivity contribution is 9.10. The fraction of sp³-hybridized carbons (Fsp3) is 0.333. The molecule has 0 aliphatic carbocycles. The summed E-state index contributed by atoms with van der Waals surface area (Å²) in [6, 6.07) is 1.45. The molecule has 1 rings (SSSR count). The molecule has 0 saturated carbocycles. The molecule has 0 bridgehead atoms. The first-order valence-corrected chi connectivity index (χ1v) is 4.95. The fourth-order valence-electron chi connectivity index (χ4n) is 1.12. The zero-order chi connectivity index (χ0) is 10.9. The molecule has 4 nitrogen and oxygen atoms in total. The average molecular weight is 259 g/mol. The molecule has 0 fully saturated rings. The number of amides is 1. The van der Waals surface area contributed by atoms with E-state index < -0.39 is 11.5 Å². The zero-order valence-electron chi connectivity index (χ0n) is 7.93. The number of aromatic nitrogens is 1. The van der Waals surface area contributed by atoms with Crippen LogP contribution in [0.3, 0.4) is 0 Å². The Bertz CT molecular complexity index is 423. The third kappa shape index (κ3) is 2.04. The van der Waals surface area contributed by atoms with E-state index in [1.54, 1.807) is 0 Å². The van der Waals surface area contributed by atoms with Gasteiger partial charge in [0.25, 0.3) is 11.5 Å². The van der Waals surface area contributed by atoms with Gasteiger partial charge >= 0.3 is 0 Å². The molecular formula is C9H11BrN2O2. The zero-order valence-corrected chi connectivity index (χ0v) is 9.51. The first-order valence-electron chi connectivity index (χ1n) is 4.16. The number of halogens is 1. The number of hydrogen-bond acceptors (Lipinski definition) is 2. The largest absolute Gasteiger partial charge is 0.365 e. The molecule has 0 aromatic carbocycles. The lowest BCUT2D eigenvalue weighted by Gasteiger charge is -2.08. The predicted octanol–water partition coefficient (Wildman–Crippen LogP) is 1.36. The Morgan fingerprint density at radius 2 is 2.14 bits per heavy atom. The van der Waals surface area contributed by atoms with Gasteiger partial charge in [0.05, 0.1) is 0 Å². The lowest BCUT2D eigenvalue weighted by molar-refractivity contribution is 0.0998. The van der Waals surface area contributed by atoms with Crippen molar-refractivity contribution in [3.05, 3.63) is 32.2 Å². The van der Waals surface area contributed by atoms with E-state index in [0.29, 0.717) is 4.47 Å². The highest BCUT2D eigenvalue weighted by Gasteiger charge is 2.12. The minimum Gasteiger partial charge on any atom is -0.365 e. The number of carbonyl (C=O) groups is 1. The van der Waals surface area contributed by atoms with Gasteiger partial charge in [0, 0.05) is 10.2 Å². The van der Waals surface area contributed by atoms with Gasteiger partial charge in [-0.15, -0.1) is 0 Å². The topological polar surface area (TPSA) is 75.9 Å². The van der Waals surface area contributed by atoms with Crippen molar-refractivity contribution in [2.45, 2.75) is 19.8 Å². The Balaban J connectivity index is 3.39. The normalized spacial score (nSPS) is 10.6. The number of pyridine rings is 1. The number of primary amides is 1. The lowest BCUT2D eigenvalue weighted by atomic mass is 10.1. The number of H-pyrrole nitrogens is 1. The highest BCUT2D eigenvalue weighted by atomic mass is 79.9. The molecule has 3 N–H and O–H groups in total. The van der Waals surface area contributed by atoms with Crippen molar-refractivity contribution in [3.8, 4) is 0 Å². The summed E-state index contributed by atoms with van der Waals surface area (Å²) < 4.78 is 0.695. The van der Waals surface area contributed by atoms with E-state index in [9.17, 15) is 9.59 Å². The quantitative estimate of drug-likeness (QED) is 0.841. The Morgan fingerprint density at radius 3 is 2.57 bits per heavy atom. The van der Waals surface area contributed by atoms with E-state index in [0.717, 1.165) is 5.69 Å². The van der Waals surface area contributed by atoms with Crippen LogP contribution in [-0.2, 0) is 0 Å². The first-order chi connectivity index (χ1) is 6.43. The number of hydrogen-bond donors (Lipinski definition) is 2. The molecule has 0 saturated heterocycles. The molecule has 0 unspecified atom stereocenters. The molecule has 1 aromatic heterocycles. The van der Waals surface area contributed by atoms with Gasteiger partial charge in [-0.25, -0.2) is 0 Å². The highest BCUT2D eigenvalue weighted by Crippen LogP contribution is 2.21. The van der Waals surface area contributed by atoms with Crippen molar-refractivity contribution < 1.29 is 4.79 Å². The van der Waals surface area contributed by atoms with Crippen molar-refractivity contribution in [1.82, 2.24) is 4.98 Å². The molecule has 1 amide bonds. The number of aromatic amines is 1. The van der Waals surface area contributed by atoms with Gasteiger partial charge < -0.3 is 10.7 Å². The summed E-state index contributed by atoms with van der Waals surface area (Å²) in [5, 5.41) is 0. The smallest absolute Gasteiger partial charge is 0.261 e. The standard InChI is InChI=1S/C9H11BrN2O2/c1-4(2)7-6(10)3-5(8(11)13)9(14)12-7/h3-4H,1-2H3,(H2,11,13)(H,12,14). The van der Waals surface area contributed by atoms with E-state index >= 15 is 0 Å². The fourth-order valence-corrected chi connectivity index (χ4v) is 1.91. The maximum atomic E-state index is 11.4. The molecule has 14 heavy (non-hydrogen) atoms. The van der Waals surface area contributed by atoms with E-state index in [1.165, 1.54) is 6.07 Å². The summed E-state index contributed by atoms with van der Waals surface area (Å²) in [5.41, 5.74) is 5.33. The summed E-state index contributed by atoms with van der Waals surface area (Å²) in [5.74, 6) is -0.541. The average Bonchev–Trinajstić information content (AvgIpc) is 2.07. The molecule has 0 aliphatic heterocycles. The number of nitrogens with one attached hydrogen (secondary N) is 1. The van der Waals surface area contributed by atoms with Crippen LogP contribution in [0.1, 0.15) is 35.8 Å². The van der Waals surface area contributed by atoms with Crippen LogP contribution in [0, 0.1) is 0 Å². The second kappa shape index (κ2) is 3.96. The molecule has 0 aliphatic rings. The molecule has 5 heteroatoms. The first kappa shape index (κ1) is 11.0. The number of carbonyl (C=O) groups excluding carboxylic acids is 1. The second-order valence-corrected chi connectivity index (χ2v) is 4.15. The van der Waals surface area contributed by atoms with E-state index in [-0.39, 0.29) is 11.5 Å². The van der Waals surface area contributed by atoms with Crippen LogP contribution in [0.5, 0.6) is 0 Å². The van der Waals surface area contributed by atoms with Crippen molar-refractivity contribution in [3.63, 3.8) is 0 Å². The third-order valence-electron chi connectivity index (χ3n) is 1.86. The predicted molar refractivity (Wildman–Crippen MR) is 57.4 cm³/mol. The number of nitrogens with two attached hydrogens (primary N) is 1. The van der Waals surface area contributed by atoms with Crippen LogP contribution in [0.25, 0.3) is 0 Å². The van der Waals surface area contributed by atoms with Gasteiger partial charge in [-0.3, -0.25) is 9.59 Å². The Labute approximate surface area is 89.6 Å². The summed E-state index contributed by atoms with van der Waals surface area (Å²) in [7, 11) is 0. The van der Waals surface area contributed by atoms with Gasteiger partial charge in [-0.05, 0) is 27.9 Å². The lowest BCUT2D eigenvalue weighted by Crippen LogP contribution is -2.24. The van der Waals surface area contributed by atoms with Crippen LogP contribution in [0.15, 0.2) is 15.3 Å². The van der Waals surface area contributed by atoms with E-state index in [1.807, 2.05) is 13.8 Å². The minimum atomic E-state index is -0.720. The molecule has 0 spiro atoms. The van der Waals surface area contributed by atoms with Crippen LogP contribution in [-0.4, -0.2) is 10.9 Å². The van der Waals surface area contributed by atoms with Gasteiger partial charge in [-0.1, -0.05) is 13.8 Å². The molecule has 76 valence electrons. The number of rotatable bonds is 2. The molecule has 1 heterocycles. The van der Waals surface area contributed by atoms with E-state index in [2.05, 4.69) is 20.9 Å². The van der Waals surface area contributed by atoms with E-state index in [4.69, 9.17) is 5.73 Å². The van der Waals surface area contributed by atoms with Crippen LogP contribution >= 0.6 is 15.9 Å². The van der Waals surface area contributed by atoms with Crippen LogP contribution in [0.2, 0.25) is 0 Å². The summed E-state index contributed by atoms with van der Waals surface area (Å²) in [6.45, 7) is 3.89. The van der Waals surface area contributed by atoms with Crippen molar-refractivity contribution in [1.29, 1.82) is 0 Å². The monoisotopic (exact) mass is 258 g/mol. The third-order valence-corrected chi connectivity index (χ3v) is 2.52. The molecule has 0 atom stereocenters. The second-order valence-electron chi connectivity index (χ2n) is 3.29. The van der Waals surface area contributed by atoms with Gasteiger partial charge in [-0.2, -0.15) is 0 Å². The SMILES string of the molecule is CC(C)c1[nH]c(=O)c(C(N)=O)cc1Br. The maximum Gasteiger partial charge on any atom is 0.261 e. The van der Waals surface area contributed by atoms with Gasteiger partial charge in [0.15, 0.2) is 0 Å². The van der Waals surface area contributed by atoms with Crippen molar-refractivity contribution in [2.24, 2.45) is 5.73 Å². The van der Waals surface area contributed by atoms with Crippen LogP contribution in [0.4, 0.5) is 0 Å². The molecule has 0 radical (unpaired) electrons. The summed E-state index contributed by atoms with van der Waals surface area (Å²) in [4.78, 5) is 24.8. The summed E-state index contributed by atoms with van der Waals surface area (Å²) in [6.07, 6.45) is 0. The van der Waals surface area contributed by atoms with Crippen LogP contribution < -0.4 is 11.3 Å².